The molecule has 2 N–H and O–H groups in total. The molecule has 4 aromatic carbocycles. The first-order valence-electron chi connectivity index (χ1n) is 9.16. The van der Waals surface area contributed by atoms with Crippen LogP contribution in [0.1, 0.15) is 0 Å². The van der Waals surface area contributed by atoms with Gasteiger partial charge < -0.3 is 19.8 Å². The Morgan fingerprint density at radius 1 is 0.607 bits per heavy atom. The minimum absolute atomic E-state index is 0.564. The number of para-hydroxylation sites is 3. The van der Waals surface area contributed by atoms with Gasteiger partial charge in [0, 0.05) is 16.8 Å². The molecule has 0 saturated heterocycles. The molecular formula is C24H16N2O2. The average Bonchev–Trinajstić information content (AvgIpc) is 3.07. The van der Waals surface area contributed by atoms with Crippen LogP contribution in [-0.2, 0) is 0 Å². The highest BCUT2D eigenvalue weighted by Gasteiger charge is 2.22. The van der Waals surface area contributed by atoms with Crippen molar-refractivity contribution in [1.82, 2.24) is 4.57 Å². The van der Waals surface area contributed by atoms with Gasteiger partial charge in [0.15, 0.2) is 23.0 Å². The van der Waals surface area contributed by atoms with Gasteiger partial charge in [-0.3, -0.25) is 0 Å². The van der Waals surface area contributed by atoms with Crippen molar-refractivity contribution in [3.05, 3.63) is 84.9 Å². The van der Waals surface area contributed by atoms with Crippen molar-refractivity contribution in [2.45, 2.75) is 0 Å². The van der Waals surface area contributed by atoms with Crippen LogP contribution < -0.4 is 15.2 Å². The van der Waals surface area contributed by atoms with Crippen LogP contribution in [-0.4, -0.2) is 4.57 Å². The van der Waals surface area contributed by atoms with E-state index in [0.717, 1.165) is 16.7 Å². The van der Waals surface area contributed by atoms with Gasteiger partial charge in [-0.05, 0) is 36.4 Å². The third-order valence-corrected chi connectivity index (χ3v) is 5.21. The second-order valence-corrected chi connectivity index (χ2v) is 6.88. The summed E-state index contributed by atoms with van der Waals surface area (Å²) < 4.78 is 14.4. The molecule has 0 atom stereocenters. The molecule has 0 unspecified atom stereocenters. The number of benzene rings is 4. The van der Waals surface area contributed by atoms with Gasteiger partial charge in [-0.25, -0.2) is 0 Å². The Morgan fingerprint density at radius 3 is 2.07 bits per heavy atom. The highest BCUT2D eigenvalue weighted by molar-refractivity contribution is 6.09. The lowest BCUT2D eigenvalue weighted by Gasteiger charge is -2.22. The Labute approximate surface area is 161 Å². The molecule has 1 aromatic heterocycles. The zero-order valence-electron chi connectivity index (χ0n) is 14.9. The van der Waals surface area contributed by atoms with E-state index in [1.165, 1.54) is 10.8 Å². The molecule has 0 radical (unpaired) electrons. The smallest absolute Gasteiger partial charge is 0.192 e. The van der Waals surface area contributed by atoms with E-state index >= 15 is 0 Å². The van der Waals surface area contributed by atoms with E-state index in [1.807, 2.05) is 30.3 Å². The third kappa shape index (κ3) is 2.06. The summed E-state index contributed by atoms with van der Waals surface area (Å²) in [6, 6.07) is 28.4. The average molecular weight is 364 g/mol. The maximum absolute atomic E-state index is 6.10. The number of nitrogens with zero attached hydrogens (tertiary/aromatic N) is 1. The van der Waals surface area contributed by atoms with E-state index in [-0.39, 0.29) is 0 Å². The van der Waals surface area contributed by atoms with E-state index in [2.05, 4.69) is 53.1 Å². The molecule has 1 aliphatic heterocycles. The van der Waals surface area contributed by atoms with Gasteiger partial charge >= 0.3 is 0 Å². The van der Waals surface area contributed by atoms with Crippen molar-refractivity contribution >= 4 is 27.5 Å². The van der Waals surface area contributed by atoms with E-state index in [9.17, 15) is 0 Å². The molecule has 28 heavy (non-hydrogen) atoms. The minimum Gasteiger partial charge on any atom is -0.449 e. The molecule has 4 heteroatoms. The van der Waals surface area contributed by atoms with Gasteiger partial charge in [0.25, 0.3) is 0 Å². The summed E-state index contributed by atoms with van der Waals surface area (Å²) in [5.74, 6) is 2.54. The highest BCUT2D eigenvalue weighted by Crippen LogP contribution is 2.48. The van der Waals surface area contributed by atoms with Gasteiger partial charge in [0.05, 0.1) is 22.4 Å². The van der Waals surface area contributed by atoms with Gasteiger partial charge in [-0.2, -0.15) is 0 Å². The fourth-order valence-electron chi connectivity index (χ4n) is 3.95. The number of hydrogen-bond acceptors (Lipinski definition) is 3. The van der Waals surface area contributed by atoms with E-state index in [4.69, 9.17) is 15.2 Å². The van der Waals surface area contributed by atoms with E-state index in [0.29, 0.717) is 28.7 Å². The molecule has 6 rings (SSSR count). The Kier molecular flexibility index (Phi) is 3.00. The fourth-order valence-corrected chi connectivity index (χ4v) is 3.95. The van der Waals surface area contributed by atoms with Gasteiger partial charge in [-0.1, -0.05) is 42.5 Å². The summed E-state index contributed by atoms with van der Waals surface area (Å²) in [6.45, 7) is 0. The standard InChI is InChI=1S/C24H16N2O2/c25-18-8-5-11-22-24(18)28-21-13-12-15(14-23(21)27-22)26-19-9-3-1-6-16(19)17-7-2-4-10-20(17)26/h1-14H,25H2. The van der Waals surface area contributed by atoms with Crippen molar-refractivity contribution < 1.29 is 9.47 Å². The first-order chi connectivity index (χ1) is 13.8. The van der Waals surface area contributed by atoms with Crippen LogP contribution in [0.4, 0.5) is 5.69 Å². The fraction of sp³-hybridized carbons (Fsp3) is 0. The maximum Gasteiger partial charge on any atom is 0.192 e. The van der Waals surface area contributed by atoms with Gasteiger partial charge in [0.1, 0.15) is 0 Å². The molecule has 2 heterocycles. The van der Waals surface area contributed by atoms with Crippen molar-refractivity contribution in [2.75, 3.05) is 5.73 Å². The number of nitrogen functional groups attached to an aromatic ring is 1. The lowest BCUT2D eigenvalue weighted by Crippen LogP contribution is -2.03. The molecule has 1 aliphatic rings. The first-order valence-corrected chi connectivity index (χ1v) is 9.16. The number of rotatable bonds is 1. The predicted molar refractivity (Wildman–Crippen MR) is 112 cm³/mol. The van der Waals surface area contributed by atoms with Crippen molar-refractivity contribution in [3.63, 3.8) is 0 Å². The largest absolute Gasteiger partial charge is 0.449 e. The Bertz CT molecular complexity index is 1330. The van der Waals surface area contributed by atoms with Crippen LogP contribution >= 0.6 is 0 Å². The number of anilines is 1. The number of aromatic nitrogens is 1. The Morgan fingerprint density at radius 2 is 1.32 bits per heavy atom. The van der Waals surface area contributed by atoms with Gasteiger partial charge in [-0.15, -0.1) is 0 Å². The summed E-state index contributed by atoms with van der Waals surface area (Å²) in [4.78, 5) is 0. The lowest BCUT2D eigenvalue weighted by molar-refractivity contribution is 0.361. The first kappa shape index (κ1) is 15.2. The highest BCUT2D eigenvalue weighted by atomic mass is 16.6. The summed E-state index contributed by atoms with van der Waals surface area (Å²) in [6.07, 6.45) is 0. The normalized spacial score (nSPS) is 12.3. The third-order valence-electron chi connectivity index (χ3n) is 5.21. The SMILES string of the molecule is Nc1cccc2c1Oc1ccc(-n3c4ccccc4c4ccccc43)cc1O2. The van der Waals surface area contributed by atoms with E-state index in [1.54, 1.807) is 6.07 Å². The molecule has 0 spiro atoms. The van der Waals surface area contributed by atoms with Crippen molar-refractivity contribution in [2.24, 2.45) is 0 Å². The van der Waals surface area contributed by atoms with Crippen LogP contribution in [0.15, 0.2) is 84.9 Å². The molecule has 4 nitrogen and oxygen atoms in total. The summed E-state index contributed by atoms with van der Waals surface area (Å²) in [5, 5.41) is 2.46. The molecule has 0 amide bonds. The zero-order chi connectivity index (χ0) is 18.7. The second kappa shape index (κ2) is 5.54. The Balaban J connectivity index is 1.57. The topological polar surface area (TPSA) is 49.4 Å². The number of fused-ring (bicyclic) bond motifs is 5. The van der Waals surface area contributed by atoms with Crippen LogP contribution in [0.2, 0.25) is 0 Å². The van der Waals surface area contributed by atoms with Crippen LogP contribution in [0, 0.1) is 0 Å². The monoisotopic (exact) mass is 364 g/mol. The Hall–Kier alpha value is -3.92. The van der Waals surface area contributed by atoms with Gasteiger partial charge in [0.2, 0.25) is 0 Å². The van der Waals surface area contributed by atoms with Crippen molar-refractivity contribution in [3.8, 4) is 28.7 Å². The molecule has 0 fully saturated rings. The predicted octanol–water partition coefficient (Wildman–Crippen LogP) is 6.26. The number of ether oxygens (including phenoxy) is 2. The van der Waals surface area contributed by atoms with Crippen LogP contribution in [0.5, 0.6) is 23.0 Å². The second-order valence-electron chi connectivity index (χ2n) is 6.88. The van der Waals surface area contributed by atoms with Crippen molar-refractivity contribution in [1.29, 1.82) is 0 Å². The quantitative estimate of drug-likeness (QED) is 0.350. The summed E-state index contributed by atoms with van der Waals surface area (Å²) in [7, 11) is 0. The maximum atomic E-state index is 6.10. The van der Waals surface area contributed by atoms with E-state index < -0.39 is 0 Å². The zero-order valence-corrected chi connectivity index (χ0v) is 14.9. The van der Waals surface area contributed by atoms with Crippen LogP contribution in [0.25, 0.3) is 27.5 Å². The minimum atomic E-state index is 0.564. The molecule has 134 valence electrons. The molecule has 0 aliphatic carbocycles. The summed E-state index contributed by atoms with van der Waals surface area (Å²) >= 11 is 0. The molecule has 5 aromatic rings. The molecular weight excluding hydrogens is 348 g/mol. The van der Waals surface area contributed by atoms with Crippen LogP contribution in [0.3, 0.4) is 0 Å². The number of nitrogens with two attached hydrogens (primary N) is 1. The molecule has 0 bridgehead atoms. The molecule has 0 saturated carbocycles. The summed E-state index contributed by atoms with van der Waals surface area (Å²) in [5.41, 5.74) is 9.92. The number of hydrogen-bond donors (Lipinski definition) is 1. The lowest BCUT2D eigenvalue weighted by atomic mass is 10.2.